The summed E-state index contributed by atoms with van der Waals surface area (Å²) >= 11 is 0. The summed E-state index contributed by atoms with van der Waals surface area (Å²) in [4.78, 5) is 13.2. The van der Waals surface area contributed by atoms with Gasteiger partial charge in [-0.05, 0) is 17.2 Å². The fourth-order valence-electron chi connectivity index (χ4n) is 2.82. The van der Waals surface area contributed by atoms with Crippen LogP contribution in [-0.4, -0.2) is 12.1 Å². The fourth-order valence-corrected chi connectivity index (χ4v) is 2.82. The Bertz CT molecular complexity index is 839. The summed E-state index contributed by atoms with van der Waals surface area (Å²) in [6, 6.07) is 26.0. The van der Waals surface area contributed by atoms with E-state index in [9.17, 15) is 10.1 Å². The van der Waals surface area contributed by atoms with Gasteiger partial charge in [-0.1, -0.05) is 78.9 Å². The monoisotopic (exact) mass is 316 g/mol. The Balaban J connectivity index is 2.16. The maximum absolute atomic E-state index is 13.2. The predicted molar refractivity (Wildman–Crippen MR) is 90.9 cm³/mol. The first kappa shape index (κ1) is 15.7. The van der Waals surface area contributed by atoms with Crippen molar-refractivity contribution in [1.82, 2.24) is 0 Å². The third kappa shape index (κ3) is 3.25. The Hall–Kier alpha value is -3.20. The molecule has 0 fully saturated rings. The van der Waals surface area contributed by atoms with Gasteiger partial charge in [0.15, 0.2) is 5.78 Å². The largest absolute Gasteiger partial charge is 0.463 e. The van der Waals surface area contributed by atoms with Crippen molar-refractivity contribution >= 4 is 12.1 Å². The van der Waals surface area contributed by atoms with Crippen LogP contribution < -0.4 is 5.26 Å². The summed E-state index contributed by atoms with van der Waals surface area (Å²) < 4.78 is 3.95. The molecule has 0 saturated heterocycles. The maximum Gasteiger partial charge on any atom is 0.349 e. The number of hydrogen-bond acceptors (Lipinski definition) is 2. The van der Waals surface area contributed by atoms with Crippen molar-refractivity contribution < 1.29 is 14.6 Å². The van der Waals surface area contributed by atoms with Gasteiger partial charge in [0, 0.05) is 5.56 Å². The van der Waals surface area contributed by atoms with E-state index in [4.69, 9.17) is 0 Å². The number of Topliss-reactive ketones (excluding diaryl/α,β-unsaturated/α-hetero) is 1. The zero-order chi connectivity index (χ0) is 16.8. The number of ketones is 1. The molecule has 0 saturated carbocycles. The molecule has 0 aromatic heterocycles. The number of benzene rings is 3. The van der Waals surface area contributed by atoms with Crippen LogP contribution in [-0.2, 0) is 0 Å². The summed E-state index contributed by atoms with van der Waals surface area (Å²) in [5.41, 5.74) is 2.85. The molecule has 3 aromatic rings. The van der Waals surface area contributed by atoms with Gasteiger partial charge in [-0.25, -0.2) is 0 Å². The van der Waals surface area contributed by atoms with Gasteiger partial charge in [-0.2, -0.15) is 4.58 Å². The highest BCUT2D eigenvalue weighted by Gasteiger charge is 2.26. The minimum Gasteiger partial charge on any atom is -0.463 e. The Morgan fingerprint density at radius 2 is 1.42 bits per heavy atom. The van der Waals surface area contributed by atoms with Gasteiger partial charge in [0.2, 0.25) is 0 Å². The molecule has 0 aliphatic carbocycles. The first-order valence-corrected chi connectivity index (χ1v) is 7.66. The molecule has 0 spiro atoms. The van der Waals surface area contributed by atoms with Crippen LogP contribution >= 0.6 is 0 Å². The lowest BCUT2D eigenvalue weighted by atomic mass is 9.83. The summed E-state index contributed by atoms with van der Waals surface area (Å²) in [5, 5.41) is 10.6. The Kier molecular flexibility index (Phi) is 4.82. The van der Waals surface area contributed by atoms with Crippen LogP contribution in [0.2, 0.25) is 0 Å². The second-order valence-electron chi connectivity index (χ2n) is 5.42. The van der Waals surface area contributed by atoms with E-state index < -0.39 is 5.92 Å². The maximum atomic E-state index is 13.2. The molecule has 0 aliphatic heterocycles. The van der Waals surface area contributed by atoms with E-state index in [1.54, 1.807) is 18.2 Å². The van der Waals surface area contributed by atoms with Crippen LogP contribution in [0.5, 0.6) is 0 Å². The molecule has 0 N–H and O–H groups in total. The minimum atomic E-state index is -0.504. The molecule has 0 heterocycles. The first-order chi connectivity index (χ1) is 11.8. The third-order valence-corrected chi connectivity index (χ3v) is 3.94. The van der Waals surface area contributed by atoms with Gasteiger partial charge in [0.1, 0.15) is 0 Å². The van der Waals surface area contributed by atoms with Gasteiger partial charge in [-0.3, -0.25) is 4.79 Å². The summed E-state index contributed by atoms with van der Waals surface area (Å²) in [6.07, 6.45) is 1.13. The number of rotatable bonds is 5. The van der Waals surface area contributed by atoms with Gasteiger partial charge in [0.05, 0.1) is 11.5 Å². The standard InChI is InChI=1S/C21H16O3/c22-21(17-11-5-2-6-12-17)20(16-9-3-1-4-10-16)19-14-8-7-13-18(19)15-24-23/h1-15,20H. The van der Waals surface area contributed by atoms with E-state index in [0.29, 0.717) is 11.1 Å². The number of carbonyl (C=O) groups is 1. The fraction of sp³-hybridized carbons (Fsp3) is 0.0476. The van der Waals surface area contributed by atoms with E-state index in [1.807, 2.05) is 66.7 Å². The van der Waals surface area contributed by atoms with Crippen molar-refractivity contribution in [3.8, 4) is 0 Å². The highest BCUT2D eigenvalue weighted by atomic mass is 17.1. The van der Waals surface area contributed by atoms with Gasteiger partial charge >= 0.3 is 6.29 Å². The van der Waals surface area contributed by atoms with Crippen LogP contribution in [0.25, 0.3) is 0 Å². The molecule has 0 amide bonds. The van der Waals surface area contributed by atoms with E-state index in [0.717, 1.165) is 17.4 Å². The molecule has 24 heavy (non-hydrogen) atoms. The first-order valence-electron chi connectivity index (χ1n) is 7.66. The average Bonchev–Trinajstić information content (AvgIpc) is 2.65. The van der Waals surface area contributed by atoms with Gasteiger partial charge < -0.3 is 5.26 Å². The average molecular weight is 316 g/mol. The summed E-state index contributed by atoms with van der Waals surface area (Å²) in [7, 11) is 0. The van der Waals surface area contributed by atoms with Gasteiger partial charge in [0.25, 0.3) is 0 Å². The lowest BCUT2D eigenvalue weighted by Gasteiger charge is -2.18. The molecule has 3 aromatic carbocycles. The zero-order valence-corrected chi connectivity index (χ0v) is 13.0. The number of hydrogen-bond donors (Lipinski definition) is 0. The normalized spacial score (nSPS) is 12.2. The molecule has 3 rings (SSSR count). The quantitative estimate of drug-likeness (QED) is 0.238. The van der Waals surface area contributed by atoms with Crippen LogP contribution in [0.15, 0.2) is 84.9 Å². The van der Waals surface area contributed by atoms with Crippen LogP contribution in [0.4, 0.5) is 0 Å². The molecule has 0 radical (unpaired) electrons. The second kappa shape index (κ2) is 7.38. The van der Waals surface area contributed by atoms with E-state index in [-0.39, 0.29) is 5.78 Å². The van der Waals surface area contributed by atoms with Crippen LogP contribution in [0.1, 0.15) is 37.5 Å². The lowest BCUT2D eigenvalue weighted by Crippen LogP contribution is -2.16. The third-order valence-electron chi connectivity index (χ3n) is 3.94. The summed E-state index contributed by atoms with van der Waals surface area (Å²) in [5.74, 6) is -0.523. The van der Waals surface area contributed by atoms with Gasteiger partial charge in [-0.15, -0.1) is 0 Å². The van der Waals surface area contributed by atoms with Crippen LogP contribution in [0.3, 0.4) is 0 Å². The Morgan fingerprint density at radius 1 is 0.833 bits per heavy atom. The molecule has 0 bridgehead atoms. The van der Waals surface area contributed by atoms with Crippen LogP contribution in [0, 0.1) is 0 Å². The number of aldehydes is 1. The summed E-state index contributed by atoms with van der Waals surface area (Å²) in [6.45, 7) is 0. The predicted octanol–water partition coefficient (Wildman–Crippen LogP) is 3.32. The highest BCUT2D eigenvalue weighted by molar-refractivity contribution is 6.04. The molecular formula is C21H16O3. The molecule has 1 atom stereocenters. The molecule has 0 aliphatic rings. The van der Waals surface area contributed by atoms with E-state index >= 15 is 0 Å². The van der Waals surface area contributed by atoms with Crippen molar-refractivity contribution in [3.63, 3.8) is 0 Å². The van der Waals surface area contributed by atoms with Crippen molar-refractivity contribution in [2.45, 2.75) is 5.92 Å². The zero-order valence-electron chi connectivity index (χ0n) is 13.0. The van der Waals surface area contributed by atoms with Crippen molar-refractivity contribution in [2.24, 2.45) is 0 Å². The smallest absolute Gasteiger partial charge is 0.349 e. The molecular weight excluding hydrogens is 300 g/mol. The Labute approximate surface area is 140 Å². The molecule has 3 heteroatoms. The molecule has 1 unspecified atom stereocenters. The van der Waals surface area contributed by atoms with E-state index in [2.05, 4.69) is 4.58 Å². The second-order valence-corrected chi connectivity index (χ2v) is 5.42. The van der Waals surface area contributed by atoms with Crippen molar-refractivity contribution in [2.75, 3.05) is 0 Å². The Morgan fingerprint density at radius 3 is 2.08 bits per heavy atom. The lowest BCUT2D eigenvalue weighted by molar-refractivity contribution is -0.935. The van der Waals surface area contributed by atoms with E-state index in [1.165, 1.54) is 0 Å². The number of carbonyl (C=O) groups excluding carboxylic acids is 2. The highest BCUT2D eigenvalue weighted by Crippen LogP contribution is 2.30. The molecule has 3 nitrogen and oxygen atoms in total. The van der Waals surface area contributed by atoms with Crippen molar-refractivity contribution in [1.29, 1.82) is 0 Å². The van der Waals surface area contributed by atoms with Crippen molar-refractivity contribution in [3.05, 3.63) is 107 Å². The molecule has 118 valence electrons. The SMILES string of the molecule is O=C(c1ccccc1)C(c1ccccc1)c1ccccc1C=[O+][O-]. The topological polar surface area (TPSA) is 51.4 Å². The minimum absolute atomic E-state index is 0.0199.